The van der Waals surface area contributed by atoms with E-state index in [0.29, 0.717) is 5.75 Å². The molecule has 94 valence electrons. The molecule has 3 aromatic carbocycles. The number of fused-ring (bicyclic) bond motifs is 1. The monoisotopic (exact) mass is 248 g/mol. The van der Waals surface area contributed by atoms with Crippen LogP contribution in [-0.4, -0.2) is 5.11 Å². The summed E-state index contributed by atoms with van der Waals surface area (Å²) in [7, 11) is 0. The Hall–Kier alpha value is -2.28. The minimum absolute atomic E-state index is 0.407. The summed E-state index contributed by atoms with van der Waals surface area (Å²) >= 11 is 0. The third-order valence-corrected chi connectivity index (χ3v) is 3.54. The lowest BCUT2D eigenvalue weighted by Crippen LogP contribution is -1.91. The van der Waals surface area contributed by atoms with Crippen molar-refractivity contribution < 1.29 is 5.11 Å². The van der Waals surface area contributed by atoms with Crippen LogP contribution in [0.1, 0.15) is 16.7 Å². The van der Waals surface area contributed by atoms with E-state index in [4.69, 9.17) is 0 Å². The highest BCUT2D eigenvalue weighted by Crippen LogP contribution is 2.32. The molecule has 3 rings (SSSR count). The Bertz CT molecular complexity index is 714. The fourth-order valence-corrected chi connectivity index (χ4v) is 2.50. The molecule has 19 heavy (non-hydrogen) atoms. The molecule has 1 N–H and O–H groups in total. The third kappa shape index (κ3) is 2.19. The van der Waals surface area contributed by atoms with E-state index < -0.39 is 0 Å². The smallest absolute Gasteiger partial charge is 0.126 e. The molecule has 1 nitrogen and oxygen atoms in total. The molecule has 0 bridgehead atoms. The van der Waals surface area contributed by atoms with Gasteiger partial charge >= 0.3 is 0 Å². The topological polar surface area (TPSA) is 20.2 Å². The molecule has 0 saturated carbocycles. The summed E-state index contributed by atoms with van der Waals surface area (Å²) in [5.74, 6) is 0.407. The average Bonchev–Trinajstić information content (AvgIpc) is 2.44. The molecule has 0 atom stereocenters. The van der Waals surface area contributed by atoms with Crippen molar-refractivity contribution in [2.75, 3.05) is 0 Å². The first-order chi connectivity index (χ1) is 9.25. The third-order valence-electron chi connectivity index (χ3n) is 3.54. The maximum atomic E-state index is 10.3. The lowest BCUT2D eigenvalue weighted by atomic mass is 9.96. The molecule has 0 aliphatic heterocycles. The summed E-state index contributed by atoms with van der Waals surface area (Å²) in [6.45, 7) is 1.94. The number of aromatic hydroxyl groups is 1. The normalized spacial score (nSPS) is 10.8. The van der Waals surface area contributed by atoms with Gasteiger partial charge in [-0.3, -0.25) is 0 Å². The van der Waals surface area contributed by atoms with Crippen molar-refractivity contribution in [2.24, 2.45) is 0 Å². The number of benzene rings is 3. The largest absolute Gasteiger partial charge is 0.507 e. The maximum Gasteiger partial charge on any atom is 0.126 e. The second-order valence-corrected chi connectivity index (χ2v) is 4.91. The fourth-order valence-electron chi connectivity index (χ4n) is 2.50. The van der Waals surface area contributed by atoms with Crippen molar-refractivity contribution in [2.45, 2.75) is 13.3 Å². The Morgan fingerprint density at radius 2 is 1.63 bits per heavy atom. The van der Waals surface area contributed by atoms with Crippen molar-refractivity contribution in [3.63, 3.8) is 0 Å². The molecule has 0 radical (unpaired) electrons. The van der Waals surface area contributed by atoms with E-state index >= 15 is 0 Å². The molecule has 0 fully saturated rings. The van der Waals surface area contributed by atoms with E-state index in [-0.39, 0.29) is 0 Å². The minimum Gasteiger partial charge on any atom is -0.507 e. The van der Waals surface area contributed by atoms with Gasteiger partial charge in [-0.1, -0.05) is 60.7 Å². The first kappa shape index (κ1) is 11.8. The predicted molar refractivity (Wildman–Crippen MR) is 79.6 cm³/mol. The number of hydrogen-bond donors (Lipinski definition) is 1. The zero-order valence-electron chi connectivity index (χ0n) is 10.9. The van der Waals surface area contributed by atoms with E-state index in [2.05, 4.69) is 30.3 Å². The zero-order chi connectivity index (χ0) is 13.2. The van der Waals surface area contributed by atoms with Gasteiger partial charge in [-0.25, -0.2) is 0 Å². The molecule has 3 aromatic rings. The van der Waals surface area contributed by atoms with Gasteiger partial charge in [0.2, 0.25) is 0 Å². The lowest BCUT2D eigenvalue weighted by molar-refractivity contribution is 0.477. The summed E-state index contributed by atoms with van der Waals surface area (Å²) in [5.41, 5.74) is 3.36. The Balaban J connectivity index is 2.16. The van der Waals surface area contributed by atoms with Gasteiger partial charge in [0, 0.05) is 5.39 Å². The molecule has 0 aliphatic rings. The summed E-state index contributed by atoms with van der Waals surface area (Å²) < 4.78 is 0. The average molecular weight is 248 g/mol. The second-order valence-electron chi connectivity index (χ2n) is 4.91. The van der Waals surface area contributed by atoms with Crippen molar-refractivity contribution in [1.29, 1.82) is 0 Å². The van der Waals surface area contributed by atoms with Crippen LogP contribution in [0.3, 0.4) is 0 Å². The fraction of sp³-hybridized carbons (Fsp3) is 0.111. The van der Waals surface area contributed by atoms with Crippen molar-refractivity contribution in [1.82, 2.24) is 0 Å². The van der Waals surface area contributed by atoms with Crippen molar-refractivity contribution in [3.05, 3.63) is 77.4 Å². The Labute approximate surface area is 113 Å². The van der Waals surface area contributed by atoms with Gasteiger partial charge in [-0.15, -0.1) is 0 Å². The Morgan fingerprint density at radius 1 is 0.842 bits per heavy atom. The molecule has 0 saturated heterocycles. The number of aryl methyl sites for hydroxylation is 1. The summed E-state index contributed by atoms with van der Waals surface area (Å²) in [6.07, 6.45) is 0.842. The number of rotatable bonds is 2. The highest BCUT2D eigenvalue weighted by Gasteiger charge is 2.08. The van der Waals surface area contributed by atoms with E-state index in [1.807, 2.05) is 37.3 Å². The first-order valence-electron chi connectivity index (χ1n) is 6.50. The summed E-state index contributed by atoms with van der Waals surface area (Å²) in [5, 5.41) is 12.4. The Morgan fingerprint density at radius 3 is 2.42 bits per heavy atom. The molecule has 0 aliphatic carbocycles. The van der Waals surface area contributed by atoms with Gasteiger partial charge in [0.15, 0.2) is 0 Å². The highest BCUT2D eigenvalue weighted by atomic mass is 16.3. The zero-order valence-corrected chi connectivity index (χ0v) is 10.9. The van der Waals surface area contributed by atoms with E-state index in [9.17, 15) is 5.11 Å². The molecule has 1 heteroatoms. The molecular weight excluding hydrogens is 232 g/mol. The van der Waals surface area contributed by atoms with Crippen LogP contribution < -0.4 is 0 Å². The predicted octanol–water partition coefficient (Wildman–Crippen LogP) is 4.44. The SMILES string of the molecule is Cc1ccc2cccc(Cc3ccccc3)c2c1O. The molecule has 0 aromatic heterocycles. The van der Waals surface area contributed by atoms with E-state index in [1.165, 1.54) is 11.1 Å². The lowest BCUT2D eigenvalue weighted by Gasteiger charge is -2.10. The highest BCUT2D eigenvalue weighted by molar-refractivity contribution is 5.92. The standard InChI is InChI=1S/C18H16O/c1-13-10-11-15-8-5-9-16(17(15)18(13)19)12-14-6-3-2-4-7-14/h2-11,19H,12H2,1H3. The van der Waals surface area contributed by atoms with E-state index in [1.54, 1.807) is 0 Å². The Kier molecular flexibility index (Phi) is 2.96. The molecule has 0 spiro atoms. The molecule has 0 unspecified atom stereocenters. The van der Waals surface area contributed by atoms with Crippen LogP contribution in [0.25, 0.3) is 10.8 Å². The van der Waals surface area contributed by atoms with Gasteiger partial charge in [0.25, 0.3) is 0 Å². The molecule has 0 heterocycles. The van der Waals surface area contributed by atoms with Gasteiger partial charge in [-0.05, 0) is 35.4 Å². The van der Waals surface area contributed by atoms with Crippen LogP contribution in [0.5, 0.6) is 5.75 Å². The van der Waals surface area contributed by atoms with Crippen LogP contribution in [0.4, 0.5) is 0 Å². The molecular formula is C18H16O. The van der Waals surface area contributed by atoms with Gasteiger partial charge in [0.1, 0.15) is 5.75 Å². The van der Waals surface area contributed by atoms with Gasteiger partial charge in [-0.2, -0.15) is 0 Å². The van der Waals surface area contributed by atoms with E-state index in [0.717, 1.165) is 22.8 Å². The van der Waals surface area contributed by atoms with Crippen molar-refractivity contribution >= 4 is 10.8 Å². The van der Waals surface area contributed by atoms with Crippen LogP contribution in [0.2, 0.25) is 0 Å². The van der Waals surface area contributed by atoms with Crippen LogP contribution in [-0.2, 0) is 6.42 Å². The van der Waals surface area contributed by atoms with Crippen LogP contribution in [0.15, 0.2) is 60.7 Å². The number of phenolic OH excluding ortho intramolecular Hbond substituents is 1. The van der Waals surface area contributed by atoms with Crippen LogP contribution >= 0.6 is 0 Å². The molecule has 0 amide bonds. The van der Waals surface area contributed by atoms with Gasteiger partial charge < -0.3 is 5.11 Å². The number of hydrogen-bond acceptors (Lipinski definition) is 1. The van der Waals surface area contributed by atoms with Gasteiger partial charge in [0.05, 0.1) is 0 Å². The van der Waals surface area contributed by atoms with Crippen LogP contribution in [0, 0.1) is 6.92 Å². The summed E-state index contributed by atoms with van der Waals surface area (Å²) in [6, 6.07) is 20.6. The first-order valence-corrected chi connectivity index (χ1v) is 6.50. The minimum atomic E-state index is 0.407. The summed E-state index contributed by atoms with van der Waals surface area (Å²) in [4.78, 5) is 0. The maximum absolute atomic E-state index is 10.3. The van der Waals surface area contributed by atoms with Crippen molar-refractivity contribution in [3.8, 4) is 5.75 Å². The second kappa shape index (κ2) is 4.77. The number of phenols is 1. The quantitative estimate of drug-likeness (QED) is 0.710.